The molecule has 1 aliphatic heterocycles. The summed E-state index contributed by atoms with van der Waals surface area (Å²) in [4.78, 5) is 9.16. The summed E-state index contributed by atoms with van der Waals surface area (Å²) in [5, 5.41) is 9.37. The Kier molecular flexibility index (Phi) is 5.00. The van der Waals surface area contributed by atoms with E-state index in [-0.39, 0.29) is 18.2 Å². The molecule has 3 atom stereocenters. The summed E-state index contributed by atoms with van der Waals surface area (Å²) in [6.45, 7) is 3.03. The zero-order valence-electron chi connectivity index (χ0n) is 16.6. The summed E-state index contributed by atoms with van der Waals surface area (Å²) < 4.78 is 17.6. The van der Waals surface area contributed by atoms with Crippen LogP contribution in [0.25, 0.3) is 27.1 Å². The number of imidazole rings is 1. The summed E-state index contributed by atoms with van der Waals surface area (Å²) in [5.74, 6) is 0.881. The van der Waals surface area contributed by atoms with Gasteiger partial charge in [-0.2, -0.15) is 5.10 Å². The lowest BCUT2D eigenvalue weighted by Gasteiger charge is -2.32. The number of fused-ring (bicyclic) bond motifs is 3. The summed E-state index contributed by atoms with van der Waals surface area (Å²) in [5.41, 5.74) is 3.71. The molecule has 0 spiro atoms. The van der Waals surface area contributed by atoms with Crippen LogP contribution in [0.3, 0.4) is 0 Å². The largest absolute Gasteiger partial charge is 0.313 e. The highest BCUT2D eigenvalue weighted by Crippen LogP contribution is 2.43. The minimum atomic E-state index is -0.268. The highest BCUT2D eigenvalue weighted by Gasteiger charge is 2.38. The molecule has 3 aromatic heterocycles. The van der Waals surface area contributed by atoms with E-state index in [0.29, 0.717) is 17.5 Å². The van der Waals surface area contributed by atoms with Gasteiger partial charge in [0.2, 0.25) is 0 Å². The number of thiazole rings is 1. The van der Waals surface area contributed by atoms with Crippen molar-refractivity contribution in [3.8, 4) is 11.3 Å². The molecule has 1 saturated heterocycles. The molecule has 0 amide bonds. The maximum Gasteiger partial charge on any atom is 0.153 e. The van der Waals surface area contributed by atoms with Crippen LogP contribution in [0.5, 0.6) is 0 Å². The molecule has 8 heteroatoms. The summed E-state index contributed by atoms with van der Waals surface area (Å²) in [7, 11) is 0. The van der Waals surface area contributed by atoms with Gasteiger partial charge in [-0.15, -0.1) is 23.7 Å². The van der Waals surface area contributed by atoms with Gasteiger partial charge in [0, 0.05) is 17.5 Å². The van der Waals surface area contributed by atoms with Crippen molar-refractivity contribution in [2.24, 2.45) is 5.92 Å². The number of hydrogen-bond acceptors (Lipinski definition) is 5. The van der Waals surface area contributed by atoms with Gasteiger partial charge >= 0.3 is 0 Å². The molecular weight excluding hydrogens is 421 g/mol. The van der Waals surface area contributed by atoms with Crippen molar-refractivity contribution >= 4 is 39.6 Å². The summed E-state index contributed by atoms with van der Waals surface area (Å²) in [6, 6.07) is 7.91. The SMILES string of the molecule is Cc1cn2nc(-c3cc(F)c4nc(C5CCCC6CCNC65)sc4c3)ccc2n1.Cl. The van der Waals surface area contributed by atoms with Crippen LogP contribution < -0.4 is 5.32 Å². The van der Waals surface area contributed by atoms with Crippen molar-refractivity contribution in [3.63, 3.8) is 0 Å². The van der Waals surface area contributed by atoms with E-state index in [1.54, 1.807) is 21.9 Å². The quantitative estimate of drug-likeness (QED) is 0.467. The van der Waals surface area contributed by atoms with Crippen LogP contribution in [0.2, 0.25) is 0 Å². The van der Waals surface area contributed by atoms with Crippen molar-refractivity contribution in [3.05, 3.63) is 47.0 Å². The Morgan fingerprint density at radius 3 is 2.97 bits per heavy atom. The lowest BCUT2D eigenvalue weighted by atomic mass is 9.78. The number of rotatable bonds is 2. The van der Waals surface area contributed by atoms with Crippen molar-refractivity contribution in [2.75, 3.05) is 6.54 Å². The van der Waals surface area contributed by atoms with E-state index in [2.05, 4.69) is 15.4 Å². The van der Waals surface area contributed by atoms with Crippen LogP contribution in [-0.4, -0.2) is 32.2 Å². The Balaban J connectivity index is 0.00000193. The maximum absolute atomic E-state index is 15.0. The van der Waals surface area contributed by atoms with Gasteiger partial charge in [0.05, 0.1) is 27.3 Å². The van der Waals surface area contributed by atoms with Crippen molar-refractivity contribution < 1.29 is 4.39 Å². The average molecular weight is 444 g/mol. The highest BCUT2D eigenvalue weighted by atomic mass is 35.5. The number of nitrogens with zero attached hydrogens (tertiary/aromatic N) is 4. The zero-order chi connectivity index (χ0) is 19.5. The van der Waals surface area contributed by atoms with Gasteiger partial charge < -0.3 is 5.32 Å². The minimum Gasteiger partial charge on any atom is -0.313 e. The van der Waals surface area contributed by atoms with Crippen LogP contribution in [0.15, 0.2) is 30.5 Å². The first-order valence-corrected chi connectivity index (χ1v) is 11.1. The van der Waals surface area contributed by atoms with E-state index < -0.39 is 0 Å². The Morgan fingerprint density at radius 1 is 1.17 bits per heavy atom. The molecule has 1 aliphatic carbocycles. The maximum atomic E-state index is 15.0. The normalized spacial score (nSPS) is 23.6. The lowest BCUT2D eigenvalue weighted by Crippen LogP contribution is -2.36. The second-order valence-corrected chi connectivity index (χ2v) is 9.39. The number of halogens is 2. The van der Waals surface area contributed by atoms with E-state index in [9.17, 15) is 4.39 Å². The molecular formula is C22H23ClFN5S. The third-order valence-corrected chi connectivity index (χ3v) is 7.58. The Bertz CT molecular complexity index is 1240. The molecule has 5 nitrogen and oxygen atoms in total. The molecule has 3 unspecified atom stereocenters. The van der Waals surface area contributed by atoms with Gasteiger partial charge in [-0.25, -0.2) is 18.9 Å². The number of aromatic nitrogens is 4. The fraction of sp³-hybridized carbons (Fsp3) is 0.409. The van der Waals surface area contributed by atoms with E-state index in [4.69, 9.17) is 4.98 Å². The highest BCUT2D eigenvalue weighted by molar-refractivity contribution is 7.18. The van der Waals surface area contributed by atoms with Gasteiger partial charge in [0.1, 0.15) is 5.52 Å². The third kappa shape index (κ3) is 3.20. The molecule has 4 aromatic rings. The molecule has 2 aliphatic rings. The minimum absolute atomic E-state index is 0. The Morgan fingerprint density at radius 2 is 2.07 bits per heavy atom. The first kappa shape index (κ1) is 19.8. The lowest BCUT2D eigenvalue weighted by molar-refractivity contribution is 0.286. The van der Waals surface area contributed by atoms with Crippen LogP contribution in [0.1, 0.15) is 42.3 Å². The third-order valence-electron chi connectivity index (χ3n) is 6.44. The second-order valence-electron chi connectivity index (χ2n) is 8.33. The predicted octanol–water partition coefficient (Wildman–Crippen LogP) is 5.12. The molecule has 0 radical (unpaired) electrons. The molecule has 1 aromatic carbocycles. The number of benzene rings is 1. The predicted molar refractivity (Wildman–Crippen MR) is 120 cm³/mol. The van der Waals surface area contributed by atoms with Crippen molar-refractivity contribution in [2.45, 2.75) is 44.6 Å². The first-order valence-electron chi connectivity index (χ1n) is 10.3. The smallest absolute Gasteiger partial charge is 0.153 e. The summed E-state index contributed by atoms with van der Waals surface area (Å²) >= 11 is 1.65. The van der Waals surface area contributed by atoms with E-state index in [1.165, 1.54) is 19.3 Å². The van der Waals surface area contributed by atoms with Crippen molar-refractivity contribution in [1.29, 1.82) is 0 Å². The fourth-order valence-electron chi connectivity index (χ4n) is 5.10. The number of nitrogens with one attached hydrogen (secondary N) is 1. The molecule has 6 rings (SSSR count). The van der Waals surface area contributed by atoms with Gasteiger partial charge in [-0.05, 0) is 62.9 Å². The van der Waals surface area contributed by atoms with Crippen LogP contribution in [-0.2, 0) is 0 Å². The van der Waals surface area contributed by atoms with E-state index in [0.717, 1.165) is 51.2 Å². The average Bonchev–Trinajstić information content (AvgIpc) is 3.43. The molecule has 30 heavy (non-hydrogen) atoms. The van der Waals surface area contributed by atoms with Gasteiger partial charge in [0.15, 0.2) is 11.5 Å². The molecule has 4 heterocycles. The number of hydrogen-bond donors (Lipinski definition) is 1. The Labute approximate surface area is 184 Å². The topological polar surface area (TPSA) is 55.1 Å². The standard InChI is InChI=1S/C22H22FN5S.ClH/c1-12-11-28-19(25-12)6-5-17(27-28)14-9-16(23)21-18(10-14)29-22(26-21)15-4-2-3-13-7-8-24-20(13)15;/h5-6,9-11,13,15,20,24H,2-4,7-8H2,1H3;1H. The van der Waals surface area contributed by atoms with Crippen LogP contribution >= 0.6 is 23.7 Å². The van der Waals surface area contributed by atoms with E-state index in [1.807, 2.05) is 31.3 Å². The monoisotopic (exact) mass is 443 g/mol. The van der Waals surface area contributed by atoms with Crippen LogP contribution in [0.4, 0.5) is 4.39 Å². The molecule has 1 N–H and O–H groups in total. The van der Waals surface area contributed by atoms with Gasteiger partial charge in [-0.3, -0.25) is 0 Å². The zero-order valence-corrected chi connectivity index (χ0v) is 18.3. The molecule has 2 fully saturated rings. The summed E-state index contributed by atoms with van der Waals surface area (Å²) in [6.07, 6.45) is 6.82. The molecule has 1 saturated carbocycles. The second kappa shape index (κ2) is 7.55. The van der Waals surface area contributed by atoms with Gasteiger partial charge in [-0.1, -0.05) is 6.42 Å². The number of aryl methyl sites for hydroxylation is 1. The van der Waals surface area contributed by atoms with Crippen molar-refractivity contribution in [1.82, 2.24) is 24.9 Å². The molecule has 156 valence electrons. The van der Waals surface area contributed by atoms with E-state index >= 15 is 0 Å². The fourth-order valence-corrected chi connectivity index (χ4v) is 6.30. The Hall–Kier alpha value is -2.09. The van der Waals surface area contributed by atoms with Crippen LogP contribution in [0, 0.1) is 18.7 Å². The molecule has 0 bridgehead atoms. The first-order chi connectivity index (χ1) is 14.2. The van der Waals surface area contributed by atoms with Gasteiger partial charge in [0.25, 0.3) is 0 Å².